The van der Waals surface area contributed by atoms with Crippen LogP contribution in [0.2, 0.25) is 5.02 Å². The molecule has 0 fully saturated rings. The maximum Gasteiger partial charge on any atom is 0.142 e. The van der Waals surface area contributed by atoms with E-state index in [0.29, 0.717) is 12.4 Å². The molecule has 2 nitrogen and oxygen atoms in total. The summed E-state index contributed by atoms with van der Waals surface area (Å²) in [5.74, 6) is 0.0593. The van der Waals surface area contributed by atoms with E-state index < -0.39 is 5.82 Å². The summed E-state index contributed by atoms with van der Waals surface area (Å²) in [5.41, 5.74) is 4.08. The Kier molecular flexibility index (Phi) is 5.06. The van der Waals surface area contributed by atoms with Crippen LogP contribution in [0.4, 0.5) is 4.39 Å². The zero-order valence-electron chi connectivity index (χ0n) is 11.6. The molecule has 20 heavy (non-hydrogen) atoms. The Morgan fingerprint density at radius 1 is 1.25 bits per heavy atom. The first-order valence-corrected chi connectivity index (χ1v) is 7.59. The topological polar surface area (TPSA) is 17.8 Å². The van der Waals surface area contributed by atoms with Crippen molar-refractivity contribution in [2.45, 2.75) is 39.1 Å². The predicted molar refractivity (Wildman–Crippen MR) is 81.1 cm³/mol. The van der Waals surface area contributed by atoms with Crippen molar-refractivity contribution in [1.82, 2.24) is 9.78 Å². The Labute approximate surface area is 128 Å². The third-order valence-corrected chi connectivity index (χ3v) is 3.94. The lowest BCUT2D eigenvalue weighted by Crippen LogP contribution is -2.07. The molecule has 0 aliphatic rings. The van der Waals surface area contributed by atoms with Gasteiger partial charge in [0.2, 0.25) is 0 Å². The number of hydrogen-bond donors (Lipinski definition) is 0. The molecular formula is C15H17Cl2FN2. The number of aryl methyl sites for hydroxylation is 1. The summed E-state index contributed by atoms with van der Waals surface area (Å²) < 4.78 is 15.4. The van der Waals surface area contributed by atoms with Crippen LogP contribution in [0.1, 0.15) is 36.4 Å². The van der Waals surface area contributed by atoms with E-state index in [1.54, 1.807) is 6.07 Å². The standard InChI is InChI=1S/C15H17Cl2FN2/c1-3-14-11(8-16)15(4-2)20(19-14)9-10-5-6-12(17)13(18)7-10/h5-7H,3-4,8-9H2,1-2H3. The van der Waals surface area contributed by atoms with E-state index in [2.05, 4.69) is 18.9 Å². The van der Waals surface area contributed by atoms with E-state index in [-0.39, 0.29) is 5.02 Å². The second-order valence-corrected chi connectivity index (χ2v) is 5.29. The molecule has 0 unspecified atom stereocenters. The number of benzene rings is 1. The fourth-order valence-electron chi connectivity index (χ4n) is 2.36. The Morgan fingerprint density at radius 3 is 2.55 bits per heavy atom. The van der Waals surface area contributed by atoms with Gasteiger partial charge < -0.3 is 0 Å². The molecule has 1 aromatic carbocycles. The van der Waals surface area contributed by atoms with Crippen molar-refractivity contribution < 1.29 is 4.39 Å². The summed E-state index contributed by atoms with van der Waals surface area (Å²) in [5, 5.41) is 4.73. The van der Waals surface area contributed by atoms with Gasteiger partial charge in [-0.1, -0.05) is 31.5 Å². The van der Waals surface area contributed by atoms with Gasteiger partial charge in [0.25, 0.3) is 0 Å². The lowest BCUT2D eigenvalue weighted by Gasteiger charge is -2.08. The number of aromatic nitrogens is 2. The summed E-state index contributed by atoms with van der Waals surface area (Å²) in [4.78, 5) is 0. The van der Waals surface area contributed by atoms with Crippen LogP contribution >= 0.6 is 23.2 Å². The average molecular weight is 315 g/mol. The van der Waals surface area contributed by atoms with Gasteiger partial charge in [-0.3, -0.25) is 4.68 Å². The summed E-state index contributed by atoms with van der Waals surface area (Å²) in [7, 11) is 0. The van der Waals surface area contributed by atoms with Gasteiger partial charge in [-0.2, -0.15) is 5.10 Å². The molecule has 2 aromatic rings. The molecule has 0 aliphatic heterocycles. The van der Waals surface area contributed by atoms with E-state index in [9.17, 15) is 4.39 Å². The van der Waals surface area contributed by atoms with Crippen LogP contribution < -0.4 is 0 Å². The molecule has 0 bridgehead atoms. The fourth-order valence-corrected chi connectivity index (χ4v) is 2.79. The smallest absolute Gasteiger partial charge is 0.142 e. The molecule has 1 aromatic heterocycles. The van der Waals surface area contributed by atoms with Crippen LogP contribution in [0.25, 0.3) is 0 Å². The van der Waals surface area contributed by atoms with Gasteiger partial charge in [-0.15, -0.1) is 11.6 Å². The fraction of sp³-hybridized carbons (Fsp3) is 0.400. The van der Waals surface area contributed by atoms with Gasteiger partial charge in [0.05, 0.1) is 23.1 Å². The highest BCUT2D eigenvalue weighted by atomic mass is 35.5. The Morgan fingerprint density at radius 2 is 2.00 bits per heavy atom. The summed E-state index contributed by atoms with van der Waals surface area (Å²) in [6.07, 6.45) is 1.70. The first kappa shape index (κ1) is 15.3. The molecule has 0 spiro atoms. The number of alkyl halides is 1. The van der Waals surface area contributed by atoms with Crippen LogP contribution in [0.5, 0.6) is 0 Å². The molecule has 0 saturated carbocycles. The van der Waals surface area contributed by atoms with Gasteiger partial charge >= 0.3 is 0 Å². The highest BCUT2D eigenvalue weighted by Gasteiger charge is 2.15. The van der Waals surface area contributed by atoms with E-state index >= 15 is 0 Å². The van der Waals surface area contributed by atoms with Crippen LogP contribution in [-0.2, 0) is 25.3 Å². The zero-order chi connectivity index (χ0) is 14.7. The average Bonchev–Trinajstić information content (AvgIpc) is 2.79. The van der Waals surface area contributed by atoms with Crippen LogP contribution in [0, 0.1) is 5.82 Å². The van der Waals surface area contributed by atoms with Crippen molar-refractivity contribution in [3.8, 4) is 0 Å². The zero-order valence-corrected chi connectivity index (χ0v) is 13.1. The number of rotatable bonds is 5. The van der Waals surface area contributed by atoms with Crippen LogP contribution in [0.15, 0.2) is 18.2 Å². The molecule has 0 N–H and O–H groups in total. The number of halogens is 3. The molecular weight excluding hydrogens is 298 g/mol. The predicted octanol–water partition coefficient (Wildman–Crippen LogP) is 4.59. The van der Waals surface area contributed by atoms with E-state index in [4.69, 9.17) is 23.2 Å². The van der Waals surface area contributed by atoms with Crippen molar-refractivity contribution in [2.75, 3.05) is 0 Å². The number of nitrogens with zero attached hydrogens (tertiary/aromatic N) is 2. The second kappa shape index (κ2) is 6.59. The Hall–Kier alpha value is -1.06. The molecule has 108 valence electrons. The van der Waals surface area contributed by atoms with Crippen molar-refractivity contribution in [3.63, 3.8) is 0 Å². The van der Waals surface area contributed by atoms with Crippen LogP contribution in [0.3, 0.4) is 0 Å². The molecule has 5 heteroatoms. The minimum atomic E-state index is -0.400. The molecule has 0 amide bonds. The first-order chi connectivity index (χ1) is 9.60. The SMILES string of the molecule is CCc1nn(Cc2ccc(Cl)c(F)c2)c(CC)c1CCl. The van der Waals surface area contributed by atoms with Gasteiger partial charge in [0.15, 0.2) is 0 Å². The van der Waals surface area contributed by atoms with Gasteiger partial charge in [0, 0.05) is 11.3 Å². The summed E-state index contributed by atoms with van der Waals surface area (Å²) in [6, 6.07) is 4.85. The maximum atomic E-state index is 13.5. The van der Waals surface area contributed by atoms with Crippen molar-refractivity contribution in [2.24, 2.45) is 0 Å². The van der Waals surface area contributed by atoms with Crippen molar-refractivity contribution >= 4 is 23.2 Å². The van der Waals surface area contributed by atoms with Gasteiger partial charge in [-0.25, -0.2) is 4.39 Å². The maximum absolute atomic E-state index is 13.5. The van der Waals surface area contributed by atoms with E-state index in [0.717, 1.165) is 35.4 Å². The highest BCUT2D eigenvalue weighted by Crippen LogP contribution is 2.21. The molecule has 0 atom stereocenters. The summed E-state index contributed by atoms with van der Waals surface area (Å²) in [6.45, 7) is 4.66. The highest BCUT2D eigenvalue weighted by molar-refractivity contribution is 6.30. The molecule has 0 aliphatic carbocycles. The molecule has 1 heterocycles. The molecule has 2 rings (SSSR count). The minimum Gasteiger partial charge on any atom is -0.265 e. The largest absolute Gasteiger partial charge is 0.265 e. The van der Waals surface area contributed by atoms with E-state index in [1.165, 1.54) is 6.07 Å². The van der Waals surface area contributed by atoms with Crippen molar-refractivity contribution in [1.29, 1.82) is 0 Å². The Balaban J connectivity index is 2.37. The molecule has 0 saturated heterocycles. The third-order valence-electron chi connectivity index (χ3n) is 3.37. The second-order valence-electron chi connectivity index (χ2n) is 4.62. The van der Waals surface area contributed by atoms with E-state index in [1.807, 2.05) is 10.7 Å². The van der Waals surface area contributed by atoms with Crippen LogP contribution in [-0.4, -0.2) is 9.78 Å². The van der Waals surface area contributed by atoms with Crippen molar-refractivity contribution in [3.05, 3.63) is 51.6 Å². The third kappa shape index (κ3) is 2.99. The quantitative estimate of drug-likeness (QED) is 0.738. The monoisotopic (exact) mass is 314 g/mol. The number of hydrogen-bond acceptors (Lipinski definition) is 1. The molecule has 0 radical (unpaired) electrons. The normalized spacial score (nSPS) is 11.1. The first-order valence-electron chi connectivity index (χ1n) is 6.68. The lowest BCUT2D eigenvalue weighted by atomic mass is 10.1. The lowest BCUT2D eigenvalue weighted by molar-refractivity contribution is 0.611. The Bertz CT molecular complexity index is 608. The van der Waals surface area contributed by atoms with Gasteiger partial charge in [-0.05, 0) is 30.5 Å². The summed E-state index contributed by atoms with van der Waals surface area (Å²) >= 11 is 11.7. The van der Waals surface area contributed by atoms with Gasteiger partial charge in [0.1, 0.15) is 5.82 Å². The minimum absolute atomic E-state index is 0.139.